The standard InChI is InChI=1S/C29H25N3O3S/c1-31(21-25-13-8-12-24(18-25)20-30)29(33)26-14-9-17-28(19-26)36(34,35)32(27-15-6-3-7-16-27)22-23-10-4-2-5-11-23/h2-19H,21-22H2,1H3. The number of hydrogen-bond donors (Lipinski definition) is 0. The van der Waals surface area contributed by atoms with E-state index in [9.17, 15) is 13.2 Å². The SMILES string of the molecule is CN(Cc1cccc(C#N)c1)C(=O)c1cccc(S(=O)(=O)N(Cc2ccccc2)c2ccccc2)c1. The average molecular weight is 496 g/mol. The third-order valence-corrected chi connectivity index (χ3v) is 7.47. The van der Waals surface area contributed by atoms with Gasteiger partial charge in [0.05, 0.1) is 28.8 Å². The molecular weight excluding hydrogens is 470 g/mol. The van der Waals surface area contributed by atoms with Gasteiger partial charge in [-0.2, -0.15) is 5.26 Å². The van der Waals surface area contributed by atoms with Gasteiger partial charge in [-0.05, 0) is 53.6 Å². The molecule has 36 heavy (non-hydrogen) atoms. The van der Waals surface area contributed by atoms with E-state index in [1.165, 1.54) is 21.3 Å². The molecule has 0 aromatic heterocycles. The zero-order valence-electron chi connectivity index (χ0n) is 19.8. The molecular formula is C29H25N3O3S. The molecule has 1 amide bonds. The highest BCUT2D eigenvalue weighted by Gasteiger charge is 2.26. The molecule has 7 heteroatoms. The van der Waals surface area contributed by atoms with Crippen LogP contribution in [0, 0.1) is 11.3 Å². The summed E-state index contributed by atoms with van der Waals surface area (Å²) in [5, 5.41) is 9.12. The highest BCUT2D eigenvalue weighted by Crippen LogP contribution is 2.26. The highest BCUT2D eigenvalue weighted by molar-refractivity contribution is 7.92. The summed E-state index contributed by atoms with van der Waals surface area (Å²) in [5.41, 5.74) is 2.97. The maximum Gasteiger partial charge on any atom is 0.264 e. The van der Waals surface area contributed by atoms with E-state index < -0.39 is 10.0 Å². The Morgan fingerprint density at radius 2 is 1.42 bits per heavy atom. The van der Waals surface area contributed by atoms with Crippen molar-refractivity contribution in [3.8, 4) is 6.07 Å². The molecule has 4 aromatic rings. The lowest BCUT2D eigenvalue weighted by atomic mass is 10.1. The van der Waals surface area contributed by atoms with E-state index in [-0.39, 0.29) is 29.5 Å². The van der Waals surface area contributed by atoms with Crippen LogP contribution in [-0.2, 0) is 23.1 Å². The van der Waals surface area contributed by atoms with Crippen LogP contribution in [0.15, 0.2) is 114 Å². The van der Waals surface area contributed by atoms with Gasteiger partial charge in [0.15, 0.2) is 0 Å². The molecule has 0 aliphatic rings. The van der Waals surface area contributed by atoms with Crippen molar-refractivity contribution >= 4 is 21.6 Å². The van der Waals surface area contributed by atoms with Gasteiger partial charge in [0.2, 0.25) is 0 Å². The van der Waals surface area contributed by atoms with E-state index in [1.54, 1.807) is 61.6 Å². The fourth-order valence-electron chi connectivity index (χ4n) is 3.88. The summed E-state index contributed by atoms with van der Waals surface area (Å²) >= 11 is 0. The van der Waals surface area contributed by atoms with Crippen LogP contribution < -0.4 is 4.31 Å². The Balaban J connectivity index is 1.63. The second-order valence-corrected chi connectivity index (χ2v) is 10.2. The number of carbonyl (C=O) groups is 1. The largest absolute Gasteiger partial charge is 0.337 e. The summed E-state index contributed by atoms with van der Waals surface area (Å²) in [6.45, 7) is 0.440. The summed E-state index contributed by atoms with van der Waals surface area (Å²) in [5.74, 6) is -0.316. The normalized spacial score (nSPS) is 10.9. The van der Waals surface area contributed by atoms with Crippen molar-refractivity contribution in [2.45, 2.75) is 18.0 Å². The molecule has 4 rings (SSSR count). The Morgan fingerprint density at radius 3 is 2.11 bits per heavy atom. The van der Waals surface area contributed by atoms with E-state index in [4.69, 9.17) is 5.26 Å². The van der Waals surface area contributed by atoms with Crippen LogP contribution in [0.4, 0.5) is 5.69 Å². The predicted molar refractivity (Wildman–Crippen MR) is 140 cm³/mol. The molecule has 0 fully saturated rings. The van der Waals surface area contributed by atoms with E-state index in [1.807, 2.05) is 42.5 Å². The molecule has 0 radical (unpaired) electrons. The molecule has 0 heterocycles. The Kier molecular flexibility index (Phi) is 7.47. The first kappa shape index (κ1) is 24.7. The van der Waals surface area contributed by atoms with Crippen LogP contribution in [0.1, 0.15) is 27.0 Å². The molecule has 0 spiro atoms. The number of para-hydroxylation sites is 1. The van der Waals surface area contributed by atoms with Gasteiger partial charge in [-0.1, -0.05) is 66.7 Å². The third-order valence-electron chi connectivity index (χ3n) is 5.70. The van der Waals surface area contributed by atoms with Crippen molar-refractivity contribution < 1.29 is 13.2 Å². The van der Waals surface area contributed by atoms with Crippen LogP contribution in [0.25, 0.3) is 0 Å². The first-order chi connectivity index (χ1) is 17.4. The van der Waals surface area contributed by atoms with Gasteiger partial charge < -0.3 is 4.90 Å². The van der Waals surface area contributed by atoms with Crippen molar-refractivity contribution in [2.24, 2.45) is 0 Å². The van der Waals surface area contributed by atoms with Gasteiger partial charge in [-0.25, -0.2) is 8.42 Å². The molecule has 0 atom stereocenters. The van der Waals surface area contributed by atoms with Crippen molar-refractivity contribution in [2.75, 3.05) is 11.4 Å². The lowest BCUT2D eigenvalue weighted by molar-refractivity contribution is 0.0785. The lowest BCUT2D eigenvalue weighted by Gasteiger charge is -2.25. The molecule has 4 aromatic carbocycles. The number of anilines is 1. The lowest BCUT2D eigenvalue weighted by Crippen LogP contribution is -2.31. The van der Waals surface area contributed by atoms with Crippen molar-refractivity contribution in [3.63, 3.8) is 0 Å². The molecule has 0 bridgehead atoms. The van der Waals surface area contributed by atoms with Crippen LogP contribution in [0.5, 0.6) is 0 Å². The number of sulfonamides is 1. The summed E-state index contributed by atoms with van der Waals surface area (Å²) < 4.78 is 29.0. The number of amides is 1. The third kappa shape index (κ3) is 5.62. The van der Waals surface area contributed by atoms with Gasteiger partial charge in [-0.3, -0.25) is 9.10 Å². The van der Waals surface area contributed by atoms with Crippen LogP contribution in [-0.4, -0.2) is 26.3 Å². The molecule has 0 saturated heterocycles. The summed E-state index contributed by atoms with van der Waals surface area (Å²) in [6, 6.07) is 33.5. The maximum atomic E-state index is 13.8. The van der Waals surface area contributed by atoms with Gasteiger partial charge in [0, 0.05) is 19.2 Å². The molecule has 0 unspecified atom stereocenters. The minimum atomic E-state index is -3.98. The average Bonchev–Trinajstić information content (AvgIpc) is 2.92. The van der Waals surface area contributed by atoms with E-state index in [0.29, 0.717) is 11.3 Å². The first-order valence-corrected chi connectivity index (χ1v) is 12.8. The fourth-order valence-corrected chi connectivity index (χ4v) is 5.38. The molecule has 180 valence electrons. The van der Waals surface area contributed by atoms with E-state index in [2.05, 4.69) is 6.07 Å². The number of nitrogens with zero attached hydrogens (tertiary/aromatic N) is 3. The van der Waals surface area contributed by atoms with E-state index >= 15 is 0 Å². The summed E-state index contributed by atoms with van der Waals surface area (Å²) in [6.07, 6.45) is 0. The smallest absolute Gasteiger partial charge is 0.264 e. The van der Waals surface area contributed by atoms with Gasteiger partial charge in [0.25, 0.3) is 15.9 Å². The summed E-state index contributed by atoms with van der Waals surface area (Å²) in [7, 11) is -2.33. The molecule has 0 saturated carbocycles. The van der Waals surface area contributed by atoms with Gasteiger partial charge in [0.1, 0.15) is 0 Å². The van der Waals surface area contributed by atoms with Crippen LogP contribution in [0.2, 0.25) is 0 Å². The highest BCUT2D eigenvalue weighted by atomic mass is 32.2. The minimum Gasteiger partial charge on any atom is -0.337 e. The minimum absolute atomic E-state index is 0.0352. The zero-order chi connectivity index (χ0) is 25.5. The van der Waals surface area contributed by atoms with E-state index in [0.717, 1.165) is 11.1 Å². The topological polar surface area (TPSA) is 81.5 Å². The van der Waals surface area contributed by atoms with Crippen LogP contribution in [0.3, 0.4) is 0 Å². The Hall–Kier alpha value is -4.41. The quantitative estimate of drug-likeness (QED) is 0.335. The van der Waals surface area contributed by atoms with Crippen molar-refractivity contribution in [1.29, 1.82) is 5.26 Å². The molecule has 0 aliphatic heterocycles. The van der Waals surface area contributed by atoms with Gasteiger partial charge >= 0.3 is 0 Å². The summed E-state index contributed by atoms with van der Waals surface area (Å²) in [4.78, 5) is 14.7. The second kappa shape index (κ2) is 10.9. The predicted octanol–water partition coefficient (Wildman–Crippen LogP) is 5.23. The zero-order valence-corrected chi connectivity index (χ0v) is 20.6. The molecule has 0 aliphatic carbocycles. The van der Waals surface area contributed by atoms with Gasteiger partial charge in [-0.15, -0.1) is 0 Å². The Morgan fingerprint density at radius 1 is 0.778 bits per heavy atom. The number of carbonyl (C=O) groups excluding carboxylic acids is 1. The Labute approximate surface area is 211 Å². The molecule has 6 nitrogen and oxygen atoms in total. The second-order valence-electron chi connectivity index (χ2n) is 8.33. The van der Waals surface area contributed by atoms with Crippen molar-refractivity contribution in [1.82, 2.24) is 4.90 Å². The number of benzene rings is 4. The van der Waals surface area contributed by atoms with Crippen LogP contribution >= 0.6 is 0 Å². The first-order valence-electron chi connectivity index (χ1n) is 11.3. The maximum absolute atomic E-state index is 13.8. The fraction of sp³-hybridized carbons (Fsp3) is 0.103. The number of nitriles is 1. The Bertz CT molecular complexity index is 1500. The monoisotopic (exact) mass is 495 g/mol. The number of rotatable bonds is 8. The van der Waals surface area contributed by atoms with Crippen molar-refractivity contribution in [3.05, 3.63) is 131 Å². The number of hydrogen-bond acceptors (Lipinski definition) is 4. The molecule has 0 N–H and O–H groups in total.